The lowest BCUT2D eigenvalue weighted by Gasteiger charge is -2.33. The van der Waals surface area contributed by atoms with Crippen molar-refractivity contribution < 1.29 is 23.9 Å². The first-order valence-corrected chi connectivity index (χ1v) is 10.5. The van der Waals surface area contributed by atoms with Crippen LogP contribution in [0.2, 0.25) is 0 Å². The van der Waals surface area contributed by atoms with Crippen LogP contribution in [0.3, 0.4) is 0 Å². The second-order valence-electron chi connectivity index (χ2n) is 8.68. The van der Waals surface area contributed by atoms with Crippen molar-refractivity contribution in [3.8, 4) is 0 Å². The number of imide groups is 1. The van der Waals surface area contributed by atoms with Gasteiger partial charge >= 0.3 is 5.97 Å². The standard InChI is InChI=1S/C23H32N2O5/c1-13(2)12-19(25-21(27)17-10-8-9-11-18(17)22(25)28)23(29)30-16(7)20(26)24(14(3)4)15(5)6/h8-11,13-16,19H,12H2,1-7H3/t16-,19+/m0/s1. The van der Waals surface area contributed by atoms with Crippen molar-refractivity contribution in [2.75, 3.05) is 0 Å². The first-order valence-electron chi connectivity index (χ1n) is 10.5. The lowest BCUT2D eigenvalue weighted by molar-refractivity contribution is -0.164. The van der Waals surface area contributed by atoms with E-state index in [4.69, 9.17) is 4.74 Å². The summed E-state index contributed by atoms with van der Waals surface area (Å²) in [7, 11) is 0. The summed E-state index contributed by atoms with van der Waals surface area (Å²) in [5, 5.41) is 0. The highest BCUT2D eigenvalue weighted by atomic mass is 16.5. The highest BCUT2D eigenvalue weighted by Gasteiger charge is 2.44. The van der Waals surface area contributed by atoms with Crippen LogP contribution in [-0.2, 0) is 14.3 Å². The predicted octanol–water partition coefficient (Wildman–Crippen LogP) is 3.27. The molecule has 0 aromatic heterocycles. The number of carbonyl (C=O) groups excluding carboxylic acids is 4. The van der Waals surface area contributed by atoms with E-state index in [2.05, 4.69) is 0 Å². The molecule has 1 aromatic rings. The number of amides is 3. The van der Waals surface area contributed by atoms with E-state index >= 15 is 0 Å². The number of hydrogen-bond donors (Lipinski definition) is 0. The summed E-state index contributed by atoms with van der Waals surface area (Å²) >= 11 is 0. The van der Waals surface area contributed by atoms with Gasteiger partial charge in [0.1, 0.15) is 6.04 Å². The van der Waals surface area contributed by atoms with E-state index < -0.39 is 29.9 Å². The van der Waals surface area contributed by atoms with E-state index in [-0.39, 0.29) is 41.5 Å². The largest absolute Gasteiger partial charge is 0.451 e. The third-order valence-corrected chi connectivity index (χ3v) is 5.11. The van der Waals surface area contributed by atoms with Gasteiger partial charge in [-0.05, 0) is 59.1 Å². The van der Waals surface area contributed by atoms with Gasteiger partial charge in [0.05, 0.1) is 11.1 Å². The fourth-order valence-electron chi connectivity index (χ4n) is 3.86. The molecule has 0 N–H and O–H groups in total. The van der Waals surface area contributed by atoms with Crippen LogP contribution in [-0.4, -0.2) is 57.7 Å². The molecule has 0 saturated heterocycles. The Balaban J connectivity index is 2.26. The van der Waals surface area contributed by atoms with Crippen molar-refractivity contribution in [2.45, 2.75) is 79.1 Å². The molecule has 2 atom stereocenters. The van der Waals surface area contributed by atoms with Gasteiger partial charge in [0.2, 0.25) is 0 Å². The van der Waals surface area contributed by atoms with Gasteiger partial charge in [-0.25, -0.2) is 4.79 Å². The molecule has 0 aliphatic carbocycles. The second-order valence-corrected chi connectivity index (χ2v) is 8.68. The number of nitrogens with zero attached hydrogens (tertiary/aromatic N) is 2. The average Bonchev–Trinajstić information content (AvgIpc) is 2.90. The summed E-state index contributed by atoms with van der Waals surface area (Å²) in [5.74, 6) is -2.04. The zero-order chi connectivity index (χ0) is 22.7. The van der Waals surface area contributed by atoms with E-state index in [0.29, 0.717) is 0 Å². The van der Waals surface area contributed by atoms with Crippen LogP contribution in [0.25, 0.3) is 0 Å². The first kappa shape index (κ1) is 23.6. The highest BCUT2D eigenvalue weighted by molar-refractivity contribution is 6.22. The zero-order valence-corrected chi connectivity index (χ0v) is 18.8. The second kappa shape index (κ2) is 9.41. The fraction of sp³-hybridized carbons (Fsp3) is 0.565. The molecular weight excluding hydrogens is 384 g/mol. The third-order valence-electron chi connectivity index (χ3n) is 5.11. The minimum absolute atomic E-state index is 0.0284. The van der Waals surface area contributed by atoms with Gasteiger partial charge in [-0.2, -0.15) is 0 Å². The smallest absolute Gasteiger partial charge is 0.330 e. The molecule has 0 saturated carbocycles. The molecule has 0 spiro atoms. The molecule has 0 radical (unpaired) electrons. The monoisotopic (exact) mass is 416 g/mol. The Morgan fingerprint density at radius 1 is 0.900 bits per heavy atom. The zero-order valence-electron chi connectivity index (χ0n) is 18.8. The molecule has 0 unspecified atom stereocenters. The van der Waals surface area contributed by atoms with Gasteiger partial charge in [-0.3, -0.25) is 19.3 Å². The maximum Gasteiger partial charge on any atom is 0.330 e. The quantitative estimate of drug-likeness (QED) is 0.480. The summed E-state index contributed by atoms with van der Waals surface area (Å²) < 4.78 is 5.49. The highest BCUT2D eigenvalue weighted by Crippen LogP contribution is 2.27. The molecule has 2 rings (SSSR count). The van der Waals surface area contributed by atoms with Gasteiger partial charge < -0.3 is 9.64 Å². The number of rotatable bonds is 8. The summed E-state index contributed by atoms with van der Waals surface area (Å²) in [5.41, 5.74) is 0.554. The molecule has 0 fully saturated rings. The van der Waals surface area contributed by atoms with Crippen LogP contribution in [0.1, 0.15) is 75.6 Å². The topological polar surface area (TPSA) is 84.0 Å². The molecule has 1 aromatic carbocycles. The van der Waals surface area contributed by atoms with Crippen molar-refractivity contribution in [1.29, 1.82) is 0 Å². The fourth-order valence-corrected chi connectivity index (χ4v) is 3.86. The van der Waals surface area contributed by atoms with E-state index in [1.165, 1.54) is 6.92 Å². The van der Waals surface area contributed by atoms with Gasteiger partial charge in [0, 0.05) is 12.1 Å². The molecule has 164 valence electrons. The van der Waals surface area contributed by atoms with Gasteiger partial charge in [-0.1, -0.05) is 26.0 Å². The lowest BCUT2D eigenvalue weighted by atomic mass is 10.0. The molecular formula is C23H32N2O5. The summed E-state index contributed by atoms with van der Waals surface area (Å²) in [4.78, 5) is 54.2. The molecule has 1 aliphatic rings. The minimum atomic E-state index is -1.08. The number of ether oxygens (including phenoxy) is 1. The molecule has 0 bridgehead atoms. The van der Waals surface area contributed by atoms with E-state index in [9.17, 15) is 19.2 Å². The Hall–Kier alpha value is -2.70. The summed E-state index contributed by atoms with van der Waals surface area (Å²) in [6.45, 7) is 12.9. The number of benzene rings is 1. The molecule has 7 heteroatoms. The molecule has 1 heterocycles. The summed E-state index contributed by atoms with van der Waals surface area (Å²) in [6, 6.07) is 5.31. The maximum atomic E-state index is 13.0. The number of esters is 1. The van der Waals surface area contributed by atoms with E-state index in [1.54, 1.807) is 29.2 Å². The van der Waals surface area contributed by atoms with E-state index in [1.807, 2.05) is 41.5 Å². The van der Waals surface area contributed by atoms with Crippen molar-refractivity contribution in [1.82, 2.24) is 9.80 Å². The normalized spacial score (nSPS) is 15.6. The van der Waals surface area contributed by atoms with Crippen molar-refractivity contribution >= 4 is 23.7 Å². The van der Waals surface area contributed by atoms with Crippen LogP contribution >= 0.6 is 0 Å². The lowest BCUT2D eigenvalue weighted by Crippen LogP contribution is -2.50. The summed E-state index contributed by atoms with van der Waals surface area (Å²) in [6.07, 6.45) is -0.768. The van der Waals surface area contributed by atoms with E-state index in [0.717, 1.165) is 4.90 Å². The van der Waals surface area contributed by atoms with Gasteiger partial charge in [-0.15, -0.1) is 0 Å². The third kappa shape index (κ3) is 4.71. The van der Waals surface area contributed by atoms with Crippen molar-refractivity contribution in [2.24, 2.45) is 5.92 Å². The van der Waals surface area contributed by atoms with Crippen molar-refractivity contribution in [3.05, 3.63) is 35.4 Å². The first-order chi connectivity index (χ1) is 14.0. The van der Waals surface area contributed by atoms with Crippen LogP contribution in [0.5, 0.6) is 0 Å². The SMILES string of the molecule is CC(C)C[C@H](C(=O)O[C@@H](C)C(=O)N(C(C)C)C(C)C)N1C(=O)c2ccccc2C1=O. The molecule has 7 nitrogen and oxygen atoms in total. The Labute approximate surface area is 178 Å². The Bertz CT molecular complexity index is 788. The van der Waals surface area contributed by atoms with Crippen LogP contribution in [0.4, 0.5) is 0 Å². The Morgan fingerprint density at radius 3 is 1.77 bits per heavy atom. The number of carbonyl (C=O) groups is 4. The van der Waals surface area contributed by atoms with Gasteiger partial charge in [0.25, 0.3) is 17.7 Å². The van der Waals surface area contributed by atoms with Crippen molar-refractivity contribution in [3.63, 3.8) is 0 Å². The number of fused-ring (bicyclic) bond motifs is 1. The Morgan fingerprint density at radius 2 is 1.37 bits per heavy atom. The predicted molar refractivity (Wildman–Crippen MR) is 113 cm³/mol. The Kier molecular flexibility index (Phi) is 7.39. The molecule has 30 heavy (non-hydrogen) atoms. The van der Waals surface area contributed by atoms with Crippen LogP contribution < -0.4 is 0 Å². The van der Waals surface area contributed by atoms with Gasteiger partial charge in [0.15, 0.2) is 6.10 Å². The van der Waals surface area contributed by atoms with Crippen LogP contribution in [0, 0.1) is 5.92 Å². The minimum Gasteiger partial charge on any atom is -0.451 e. The molecule has 1 aliphatic heterocycles. The molecule has 3 amide bonds. The average molecular weight is 417 g/mol. The number of hydrogen-bond acceptors (Lipinski definition) is 5. The van der Waals surface area contributed by atoms with Crippen LogP contribution in [0.15, 0.2) is 24.3 Å². The maximum absolute atomic E-state index is 13.0.